The number of likely N-dealkylation sites (tertiary alicyclic amines) is 1. The smallest absolute Gasteiger partial charge is 0.140 e. The summed E-state index contributed by atoms with van der Waals surface area (Å²) in [6.45, 7) is 4.07. The van der Waals surface area contributed by atoms with Crippen molar-refractivity contribution in [1.29, 1.82) is 0 Å². The van der Waals surface area contributed by atoms with E-state index in [0.29, 0.717) is 6.10 Å². The highest BCUT2D eigenvalue weighted by Crippen LogP contribution is 2.11. The largest absolute Gasteiger partial charge is 0.391 e. The number of rotatable bonds is 2. The summed E-state index contributed by atoms with van der Waals surface area (Å²) in [7, 11) is 2.12. The molecular weight excluding hydrogens is 140 g/mol. The molecule has 0 amide bonds. The van der Waals surface area contributed by atoms with E-state index >= 15 is 0 Å². The maximum Gasteiger partial charge on any atom is 0.140 e. The number of oxime groups is 1. The van der Waals surface area contributed by atoms with E-state index in [1.807, 2.05) is 6.92 Å². The highest BCUT2D eigenvalue weighted by molar-refractivity contribution is 5.52. The van der Waals surface area contributed by atoms with E-state index in [-0.39, 0.29) is 0 Å². The third-order valence-electron chi connectivity index (χ3n) is 1.90. The third kappa shape index (κ3) is 2.89. The van der Waals surface area contributed by atoms with E-state index in [4.69, 9.17) is 4.84 Å². The van der Waals surface area contributed by atoms with Crippen LogP contribution in [0.2, 0.25) is 0 Å². The molecule has 0 aromatic rings. The van der Waals surface area contributed by atoms with Crippen molar-refractivity contribution in [3.8, 4) is 0 Å². The first-order chi connectivity index (χ1) is 5.33. The molecule has 1 fully saturated rings. The highest BCUT2D eigenvalue weighted by atomic mass is 16.6. The maximum atomic E-state index is 5.23. The van der Waals surface area contributed by atoms with E-state index in [1.54, 1.807) is 6.21 Å². The summed E-state index contributed by atoms with van der Waals surface area (Å²) in [4.78, 5) is 7.51. The van der Waals surface area contributed by atoms with Crippen LogP contribution in [0, 0.1) is 0 Å². The van der Waals surface area contributed by atoms with Gasteiger partial charge in [0.2, 0.25) is 0 Å². The molecule has 3 heteroatoms. The van der Waals surface area contributed by atoms with E-state index in [1.165, 1.54) is 13.0 Å². The molecule has 1 atom stereocenters. The second-order valence-electron chi connectivity index (χ2n) is 3.00. The van der Waals surface area contributed by atoms with Crippen LogP contribution in [-0.2, 0) is 4.84 Å². The average molecular weight is 156 g/mol. The minimum Gasteiger partial charge on any atom is -0.391 e. The Morgan fingerprint density at radius 3 is 3.09 bits per heavy atom. The van der Waals surface area contributed by atoms with Gasteiger partial charge in [-0.25, -0.2) is 0 Å². The van der Waals surface area contributed by atoms with Gasteiger partial charge < -0.3 is 9.74 Å². The summed E-state index contributed by atoms with van der Waals surface area (Å²) < 4.78 is 0. The Hall–Kier alpha value is -0.570. The first-order valence-corrected chi connectivity index (χ1v) is 4.15. The fourth-order valence-electron chi connectivity index (χ4n) is 1.35. The summed E-state index contributed by atoms with van der Waals surface area (Å²) in [5, 5.41) is 3.78. The molecular formula is C8H16N2O. The summed E-state index contributed by atoms with van der Waals surface area (Å²) in [6, 6.07) is 0. The maximum absolute atomic E-state index is 5.23. The quantitative estimate of drug-likeness (QED) is 0.442. The van der Waals surface area contributed by atoms with Crippen LogP contribution in [0.1, 0.15) is 19.8 Å². The minimum atomic E-state index is 0.310. The van der Waals surface area contributed by atoms with Gasteiger partial charge in [-0.3, -0.25) is 0 Å². The van der Waals surface area contributed by atoms with Gasteiger partial charge in [-0.15, -0.1) is 0 Å². The second kappa shape index (κ2) is 4.34. The second-order valence-corrected chi connectivity index (χ2v) is 3.00. The zero-order chi connectivity index (χ0) is 8.10. The van der Waals surface area contributed by atoms with Crippen molar-refractivity contribution in [3.63, 3.8) is 0 Å². The molecule has 64 valence electrons. The molecule has 1 aliphatic rings. The molecule has 1 rings (SSSR count). The van der Waals surface area contributed by atoms with Crippen LogP contribution >= 0.6 is 0 Å². The minimum absolute atomic E-state index is 0.310. The Morgan fingerprint density at radius 2 is 2.45 bits per heavy atom. The number of hydrogen-bond acceptors (Lipinski definition) is 3. The lowest BCUT2D eigenvalue weighted by atomic mass is 10.1. The SMILES string of the molecule is C/C=N/O[C@@H]1CCCN(C)C1. The van der Waals surface area contributed by atoms with Crippen molar-refractivity contribution in [3.05, 3.63) is 0 Å². The molecule has 0 N–H and O–H groups in total. The molecule has 0 radical (unpaired) electrons. The van der Waals surface area contributed by atoms with Gasteiger partial charge in [0.15, 0.2) is 0 Å². The van der Waals surface area contributed by atoms with Crippen LogP contribution in [0.25, 0.3) is 0 Å². The Bertz CT molecular complexity index is 136. The summed E-state index contributed by atoms with van der Waals surface area (Å²) in [6.07, 6.45) is 4.36. The van der Waals surface area contributed by atoms with Crippen molar-refractivity contribution in [2.75, 3.05) is 20.1 Å². The lowest BCUT2D eigenvalue weighted by molar-refractivity contribution is 0.0106. The normalized spacial score (nSPS) is 27.6. The predicted octanol–water partition coefficient (Wildman–Crippen LogP) is 1.10. The topological polar surface area (TPSA) is 24.8 Å². The molecule has 0 aromatic carbocycles. The van der Waals surface area contributed by atoms with Crippen molar-refractivity contribution in [1.82, 2.24) is 4.90 Å². The molecule has 11 heavy (non-hydrogen) atoms. The van der Waals surface area contributed by atoms with Gasteiger partial charge in [-0.2, -0.15) is 0 Å². The first-order valence-electron chi connectivity index (χ1n) is 4.15. The van der Waals surface area contributed by atoms with Gasteiger partial charge in [-0.1, -0.05) is 5.16 Å². The molecule has 0 aromatic heterocycles. The molecule has 0 unspecified atom stereocenters. The van der Waals surface area contributed by atoms with Gasteiger partial charge in [0.05, 0.1) is 0 Å². The Kier molecular flexibility index (Phi) is 3.36. The molecule has 0 spiro atoms. The van der Waals surface area contributed by atoms with E-state index in [9.17, 15) is 0 Å². The molecule has 1 aliphatic heterocycles. The summed E-state index contributed by atoms with van der Waals surface area (Å²) >= 11 is 0. The van der Waals surface area contributed by atoms with E-state index in [0.717, 1.165) is 13.0 Å². The van der Waals surface area contributed by atoms with Crippen LogP contribution in [-0.4, -0.2) is 37.4 Å². The zero-order valence-electron chi connectivity index (χ0n) is 7.29. The van der Waals surface area contributed by atoms with Crippen LogP contribution < -0.4 is 0 Å². The molecule has 0 aliphatic carbocycles. The van der Waals surface area contributed by atoms with Gasteiger partial charge in [-0.05, 0) is 33.4 Å². The molecule has 1 heterocycles. The Balaban J connectivity index is 2.22. The average Bonchev–Trinajstić information content (AvgIpc) is 2.01. The number of nitrogens with zero attached hydrogens (tertiary/aromatic N) is 2. The van der Waals surface area contributed by atoms with Crippen LogP contribution in [0.4, 0.5) is 0 Å². The number of hydrogen-bond donors (Lipinski definition) is 0. The van der Waals surface area contributed by atoms with Gasteiger partial charge >= 0.3 is 0 Å². The lowest BCUT2D eigenvalue weighted by Crippen LogP contribution is -2.36. The van der Waals surface area contributed by atoms with Crippen molar-refractivity contribution in [2.45, 2.75) is 25.9 Å². The number of piperidine rings is 1. The van der Waals surface area contributed by atoms with Crippen molar-refractivity contribution < 1.29 is 4.84 Å². The standard InChI is InChI=1S/C8H16N2O/c1-3-9-11-8-5-4-6-10(2)7-8/h3,8H,4-7H2,1-2H3/b9-3+/t8-/m1/s1. The first kappa shape index (κ1) is 8.53. The molecule has 0 bridgehead atoms. The molecule has 1 saturated heterocycles. The third-order valence-corrected chi connectivity index (χ3v) is 1.90. The summed E-state index contributed by atoms with van der Waals surface area (Å²) in [5.41, 5.74) is 0. The Morgan fingerprint density at radius 1 is 1.64 bits per heavy atom. The van der Waals surface area contributed by atoms with Crippen LogP contribution in [0.3, 0.4) is 0 Å². The zero-order valence-corrected chi connectivity index (χ0v) is 7.29. The van der Waals surface area contributed by atoms with Crippen LogP contribution in [0.15, 0.2) is 5.16 Å². The lowest BCUT2D eigenvalue weighted by Gasteiger charge is -2.27. The van der Waals surface area contributed by atoms with Gasteiger partial charge in [0.1, 0.15) is 6.10 Å². The molecule has 3 nitrogen and oxygen atoms in total. The van der Waals surface area contributed by atoms with Gasteiger partial charge in [0, 0.05) is 12.8 Å². The van der Waals surface area contributed by atoms with E-state index < -0.39 is 0 Å². The molecule has 0 saturated carbocycles. The fourth-order valence-corrected chi connectivity index (χ4v) is 1.35. The predicted molar refractivity (Wildman–Crippen MR) is 45.8 cm³/mol. The highest BCUT2D eigenvalue weighted by Gasteiger charge is 2.17. The Labute approximate surface area is 68.0 Å². The monoisotopic (exact) mass is 156 g/mol. The van der Waals surface area contributed by atoms with E-state index in [2.05, 4.69) is 17.1 Å². The number of likely N-dealkylation sites (N-methyl/N-ethyl adjacent to an activating group) is 1. The fraction of sp³-hybridized carbons (Fsp3) is 0.875. The van der Waals surface area contributed by atoms with Gasteiger partial charge in [0.25, 0.3) is 0 Å². The summed E-state index contributed by atoms with van der Waals surface area (Å²) in [5.74, 6) is 0. The van der Waals surface area contributed by atoms with Crippen molar-refractivity contribution in [2.24, 2.45) is 5.16 Å². The van der Waals surface area contributed by atoms with Crippen LogP contribution in [0.5, 0.6) is 0 Å². The van der Waals surface area contributed by atoms with Crippen molar-refractivity contribution >= 4 is 6.21 Å².